The van der Waals surface area contributed by atoms with Crippen molar-refractivity contribution in [3.8, 4) is 11.3 Å². The number of thiophene rings is 1. The topological polar surface area (TPSA) is 103 Å². The van der Waals surface area contributed by atoms with Crippen molar-refractivity contribution >= 4 is 29.4 Å². The molecule has 2 heterocycles. The number of nitrogens with one attached hydrogen (secondary N) is 1. The number of aromatic nitrogens is 2. The number of carboxylic acid groups (broad SMARTS) is 2. The van der Waals surface area contributed by atoms with Gasteiger partial charge in [-0.3, -0.25) is 0 Å². The van der Waals surface area contributed by atoms with Gasteiger partial charge in [0.1, 0.15) is 5.82 Å². The summed E-state index contributed by atoms with van der Waals surface area (Å²) in [7, 11) is 0. The Kier molecular flexibility index (Phi) is 6.61. The van der Waals surface area contributed by atoms with Crippen LogP contribution in [-0.2, 0) is 17.6 Å². The van der Waals surface area contributed by atoms with Crippen LogP contribution in [0.15, 0.2) is 47.4 Å². The number of aromatic amines is 1. The van der Waals surface area contributed by atoms with E-state index in [0.29, 0.717) is 17.8 Å². The SMILES string of the molecule is CCCCc1nc(-c2ccc(C(=O)O)cc2)c(/C=C(\Cc2cccs2)C(=O)O)[nH]1. The molecule has 0 aliphatic carbocycles. The maximum Gasteiger partial charge on any atom is 0.335 e. The van der Waals surface area contributed by atoms with Gasteiger partial charge in [0.15, 0.2) is 0 Å². The van der Waals surface area contributed by atoms with Crippen LogP contribution in [0.4, 0.5) is 0 Å². The van der Waals surface area contributed by atoms with E-state index in [9.17, 15) is 14.7 Å². The van der Waals surface area contributed by atoms with Gasteiger partial charge in [0.25, 0.3) is 0 Å². The first-order chi connectivity index (χ1) is 14.0. The largest absolute Gasteiger partial charge is 0.478 e. The maximum absolute atomic E-state index is 11.8. The number of hydrogen-bond acceptors (Lipinski definition) is 4. The molecule has 0 unspecified atom stereocenters. The van der Waals surface area contributed by atoms with Crippen LogP contribution in [0.2, 0.25) is 0 Å². The second kappa shape index (κ2) is 9.34. The van der Waals surface area contributed by atoms with Crippen LogP contribution in [-0.4, -0.2) is 32.1 Å². The van der Waals surface area contributed by atoms with Crippen LogP contribution in [0.3, 0.4) is 0 Å². The van der Waals surface area contributed by atoms with E-state index in [1.54, 1.807) is 18.2 Å². The summed E-state index contributed by atoms with van der Waals surface area (Å²) < 4.78 is 0. The number of unbranched alkanes of at least 4 members (excludes halogenated alkanes) is 1. The van der Waals surface area contributed by atoms with Crippen LogP contribution < -0.4 is 0 Å². The second-order valence-electron chi connectivity index (χ2n) is 6.66. The van der Waals surface area contributed by atoms with E-state index in [2.05, 4.69) is 16.9 Å². The van der Waals surface area contributed by atoms with Gasteiger partial charge in [0, 0.05) is 28.9 Å². The third kappa shape index (κ3) is 5.20. The number of imidazole rings is 1. The molecule has 0 fully saturated rings. The monoisotopic (exact) mass is 410 g/mol. The molecule has 150 valence electrons. The summed E-state index contributed by atoms with van der Waals surface area (Å²) in [5.41, 5.74) is 2.44. The van der Waals surface area contributed by atoms with E-state index in [4.69, 9.17) is 5.11 Å². The molecule has 6 nitrogen and oxygen atoms in total. The first kappa shape index (κ1) is 20.5. The fourth-order valence-electron chi connectivity index (χ4n) is 2.96. The van der Waals surface area contributed by atoms with Crippen LogP contribution in [0.5, 0.6) is 0 Å². The standard InChI is InChI=1S/C22H22N2O4S/c1-2-3-6-19-23-18(13-16(22(27)28)12-17-5-4-11-29-17)20(24-19)14-7-9-15(10-8-14)21(25)26/h4-5,7-11,13H,2-3,6,12H2,1H3,(H,23,24)(H,25,26)(H,27,28)/b16-13+. The quantitative estimate of drug-likeness (QED) is 0.436. The Hall–Kier alpha value is -3.19. The first-order valence-corrected chi connectivity index (χ1v) is 10.2. The normalized spacial score (nSPS) is 11.6. The third-order valence-corrected chi connectivity index (χ3v) is 5.37. The van der Waals surface area contributed by atoms with Crippen molar-refractivity contribution in [3.63, 3.8) is 0 Å². The van der Waals surface area contributed by atoms with E-state index in [1.807, 2.05) is 17.5 Å². The van der Waals surface area contributed by atoms with Gasteiger partial charge in [-0.1, -0.05) is 31.5 Å². The minimum absolute atomic E-state index is 0.191. The van der Waals surface area contributed by atoms with Crippen LogP contribution in [0.25, 0.3) is 17.3 Å². The van der Waals surface area contributed by atoms with E-state index >= 15 is 0 Å². The molecule has 2 aromatic heterocycles. The summed E-state index contributed by atoms with van der Waals surface area (Å²) in [6.07, 6.45) is 4.71. The van der Waals surface area contributed by atoms with Gasteiger partial charge >= 0.3 is 11.9 Å². The van der Waals surface area contributed by atoms with Crippen molar-refractivity contribution < 1.29 is 19.8 Å². The van der Waals surface area contributed by atoms with Crippen molar-refractivity contribution in [2.45, 2.75) is 32.6 Å². The van der Waals surface area contributed by atoms with Crippen LogP contribution in [0.1, 0.15) is 46.5 Å². The van der Waals surface area contributed by atoms with Gasteiger partial charge in [-0.15, -0.1) is 11.3 Å². The van der Waals surface area contributed by atoms with Gasteiger partial charge < -0.3 is 15.2 Å². The molecule has 3 aromatic rings. The Labute approximate surface area is 172 Å². The molecule has 0 spiro atoms. The van der Waals surface area contributed by atoms with E-state index < -0.39 is 11.9 Å². The Balaban J connectivity index is 2.02. The number of aliphatic carboxylic acids is 1. The molecule has 0 saturated heterocycles. The smallest absolute Gasteiger partial charge is 0.335 e. The van der Waals surface area contributed by atoms with Gasteiger partial charge in [0.05, 0.1) is 17.0 Å². The number of benzene rings is 1. The average molecular weight is 410 g/mol. The molecule has 0 radical (unpaired) electrons. The summed E-state index contributed by atoms with van der Waals surface area (Å²) in [5.74, 6) is -1.18. The number of carbonyl (C=O) groups is 2. The summed E-state index contributed by atoms with van der Waals surface area (Å²) in [5, 5.41) is 20.7. The minimum Gasteiger partial charge on any atom is -0.478 e. The van der Waals surface area contributed by atoms with Crippen LogP contribution >= 0.6 is 11.3 Å². The zero-order valence-electron chi connectivity index (χ0n) is 16.0. The van der Waals surface area contributed by atoms with Gasteiger partial charge in [-0.05, 0) is 36.1 Å². The van der Waals surface area contributed by atoms with Crippen molar-refractivity contribution in [2.75, 3.05) is 0 Å². The number of H-pyrrole nitrogens is 1. The molecule has 0 aliphatic heterocycles. The summed E-state index contributed by atoms with van der Waals surface area (Å²) in [6, 6.07) is 10.2. The predicted molar refractivity (Wildman–Crippen MR) is 113 cm³/mol. The predicted octanol–water partition coefficient (Wildman–Crippen LogP) is 4.89. The number of hydrogen-bond donors (Lipinski definition) is 3. The molecule has 0 atom stereocenters. The van der Waals surface area contributed by atoms with Crippen molar-refractivity contribution in [2.24, 2.45) is 0 Å². The molecule has 3 N–H and O–H groups in total. The maximum atomic E-state index is 11.8. The highest BCUT2D eigenvalue weighted by atomic mass is 32.1. The lowest BCUT2D eigenvalue weighted by molar-refractivity contribution is -0.132. The van der Waals surface area contributed by atoms with Crippen molar-refractivity contribution in [1.29, 1.82) is 0 Å². The first-order valence-electron chi connectivity index (χ1n) is 9.36. The molecule has 0 amide bonds. The van der Waals surface area contributed by atoms with E-state index in [1.165, 1.54) is 23.5 Å². The fourth-order valence-corrected chi connectivity index (χ4v) is 3.69. The van der Waals surface area contributed by atoms with Gasteiger partial charge in [-0.25, -0.2) is 14.6 Å². The number of carboxylic acids is 2. The number of aryl methyl sites for hydroxylation is 1. The summed E-state index contributed by atoms with van der Waals surface area (Å²) >= 11 is 1.51. The van der Waals surface area contributed by atoms with E-state index in [-0.39, 0.29) is 11.1 Å². The molecular weight excluding hydrogens is 388 g/mol. The van der Waals surface area contributed by atoms with Crippen LogP contribution in [0, 0.1) is 0 Å². The molecule has 0 bridgehead atoms. The van der Waals surface area contributed by atoms with Gasteiger partial charge in [-0.2, -0.15) is 0 Å². The molecule has 0 aliphatic rings. The highest BCUT2D eigenvalue weighted by Gasteiger charge is 2.16. The summed E-state index contributed by atoms with van der Waals surface area (Å²) in [6.45, 7) is 2.10. The third-order valence-electron chi connectivity index (χ3n) is 4.49. The lowest BCUT2D eigenvalue weighted by Crippen LogP contribution is -2.03. The number of rotatable bonds is 9. The Morgan fingerprint density at radius 2 is 1.93 bits per heavy atom. The molecular formula is C22H22N2O4S. The molecule has 29 heavy (non-hydrogen) atoms. The molecule has 1 aromatic carbocycles. The Morgan fingerprint density at radius 1 is 1.17 bits per heavy atom. The molecule has 7 heteroatoms. The molecule has 3 rings (SSSR count). The van der Waals surface area contributed by atoms with Gasteiger partial charge in [0.2, 0.25) is 0 Å². The Morgan fingerprint density at radius 3 is 2.52 bits per heavy atom. The highest BCUT2D eigenvalue weighted by molar-refractivity contribution is 7.09. The molecule has 0 saturated carbocycles. The number of aromatic carboxylic acids is 1. The lowest BCUT2D eigenvalue weighted by atomic mass is 10.0. The second-order valence-corrected chi connectivity index (χ2v) is 7.69. The average Bonchev–Trinajstić information content (AvgIpc) is 3.35. The summed E-state index contributed by atoms with van der Waals surface area (Å²) in [4.78, 5) is 31.8. The van der Waals surface area contributed by atoms with E-state index in [0.717, 1.165) is 35.5 Å². The fraction of sp³-hybridized carbons (Fsp3) is 0.227. The lowest BCUT2D eigenvalue weighted by Gasteiger charge is -2.03. The Bertz CT molecular complexity index is 1020. The van der Waals surface area contributed by atoms with Crippen molar-refractivity contribution in [1.82, 2.24) is 9.97 Å². The highest BCUT2D eigenvalue weighted by Crippen LogP contribution is 2.26. The van der Waals surface area contributed by atoms with Crippen molar-refractivity contribution in [3.05, 3.63) is 69.3 Å². The zero-order chi connectivity index (χ0) is 20.8. The zero-order valence-corrected chi connectivity index (χ0v) is 16.8. The number of nitrogens with zero attached hydrogens (tertiary/aromatic N) is 1. The minimum atomic E-state index is -0.994.